The fraction of sp³-hybridized carbons (Fsp3) is 0.444. The molecule has 2 aromatic carbocycles. The summed E-state index contributed by atoms with van der Waals surface area (Å²) in [5, 5.41) is 0. The number of halogens is 4. The van der Waals surface area contributed by atoms with Crippen molar-refractivity contribution in [1.82, 2.24) is 0 Å². The molecule has 0 unspecified atom stereocenters. The average molecular weight is 567 g/mol. The van der Waals surface area contributed by atoms with Gasteiger partial charge in [-0.3, -0.25) is 0 Å². The van der Waals surface area contributed by atoms with E-state index in [2.05, 4.69) is 65.8 Å². The van der Waals surface area contributed by atoms with Gasteiger partial charge in [-0.2, -0.15) is 45.5 Å². The van der Waals surface area contributed by atoms with Crippen molar-refractivity contribution in [1.29, 1.82) is 0 Å². The minimum Gasteiger partial charge on any atom is -1.00 e. The van der Waals surface area contributed by atoms with Gasteiger partial charge >= 0.3 is 52.4 Å². The van der Waals surface area contributed by atoms with Crippen LogP contribution in [-0.2, 0) is 65.2 Å². The molecule has 0 aliphatic rings. The average Bonchev–Trinajstić information content (AvgIpc) is 2.86. The SMILES string of the molecule is CC[c-]1ccc(C)c1C.CC[c-]1ccc(C)c1C.[Cl-].[Cl-].[Cl-].[Cl-].[Zr+4].[Zr+4]. The minimum atomic E-state index is 0. The maximum absolute atomic E-state index is 2.21. The Morgan fingerprint density at radius 3 is 0.958 bits per heavy atom. The minimum absolute atomic E-state index is 0. The van der Waals surface area contributed by atoms with E-state index in [4.69, 9.17) is 0 Å². The maximum Gasteiger partial charge on any atom is 4.00 e. The van der Waals surface area contributed by atoms with Gasteiger partial charge in [0.15, 0.2) is 0 Å². The molecule has 0 N–H and O–H groups in total. The fourth-order valence-corrected chi connectivity index (χ4v) is 2.22. The first kappa shape index (κ1) is 40.3. The van der Waals surface area contributed by atoms with E-state index in [9.17, 15) is 0 Å². The first-order valence-electron chi connectivity index (χ1n) is 6.94. The molecule has 132 valence electrons. The molecule has 0 aliphatic carbocycles. The third kappa shape index (κ3) is 12.1. The van der Waals surface area contributed by atoms with Crippen LogP contribution in [0.4, 0.5) is 0 Å². The summed E-state index contributed by atoms with van der Waals surface area (Å²) in [6.07, 6.45) is 2.33. The Morgan fingerprint density at radius 2 is 0.875 bits per heavy atom. The van der Waals surface area contributed by atoms with E-state index in [1.807, 2.05) is 0 Å². The van der Waals surface area contributed by atoms with Crippen LogP contribution in [0.5, 0.6) is 0 Å². The summed E-state index contributed by atoms with van der Waals surface area (Å²) < 4.78 is 0. The Bertz CT molecular complexity index is 459. The molecule has 0 saturated heterocycles. The Balaban J connectivity index is -0.0000000540. The Labute approximate surface area is 212 Å². The van der Waals surface area contributed by atoms with Crippen molar-refractivity contribution in [2.75, 3.05) is 0 Å². The van der Waals surface area contributed by atoms with E-state index in [1.54, 1.807) is 0 Å². The van der Waals surface area contributed by atoms with E-state index >= 15 is 0 Å². The van der Waals surface area contributed by atoms with Crippen molar-refractivity contribution in [3.8, 4) is 0 Å². The molecule has 2 rings (SSSR count). The zero-order chi connectivity index (χ0) is 13.7. The molecule has 0 amide bonds. The van der Waals surface area contributed by atoms with Crippen molar-refractivity contribution in [3.05, 3.63) is 57.6 Å². The van der Waals surface area contributed by atoms with E-state index in [1.165, 1.54) is 46.2 Å². The van der Waals surface area contributed by atoms with Crippen molar-refractivity contribution in [2.24, 2.45) is 0 Å². The summed E-state index contributed by atoms with van der Waals surface area (Å²) >= 11 is 0. The van der Waals surface area contributed by atoms with E-state index in [-0.39, 0.29) is 102 Å². The monoisotopic (exact) mass is 562 g/mol. The number of hydrogen-bond donors (Lipinski definition) is 0. The predicted octanol–water partition coefficient (Wildman–Crippen LogP) is -6.82. The number of rotatable bonds is 2. The molecule has 0 nitrogen and oxygen atoms in total. The molecule has 0 spiro atoms. The molecule has 24 heavy (non-hydrogen) atoms. The van der Waals surface area contributed by atoms with Crippen LogP contribution in [0.1, 0.15) is 47.2 Å². The molecular weight excluding hydrogens is 540 g/mol. The first-order chi connectivity index (χ1) is 8.51. The van der Waals surface area contributed by atoms with E-state index in [0.717, 1.165) is 0 Å². The zero-order valence-electron chi connectivity index (χ0n) is 15.2. The maximum atomic E-state index is 2.21. The normalized spacial score (nSPS) is 7.58. The van der Waals surface area contributed by atoms with Gasteiger partial charge in [0.1, 0.15) is 0 Å². The van der Waals surface area contributed by atoms with Crippen LogP contribution < -0.4 is 49.6 Å². The molecular formula is C18H26Cl4Zr2+2. The largest absolute Gasteiger partial charge is 4.00 e. The molecule has 0 aromatic heterocycles. The molecule has 0 fully saturated rings. The molecule has 0 heterocycles. The van der Waals surface area contributed by atoms with Gasteiger partial charge in [-0.1, -0.05) is 54.4 Å². The Morgan fingerprint density at radius 1 is 0.625 bits per heavy atom. The van der Waals surface area contributed by atoms with Crippen molar-refractivity contribution < 1.29 is 102 Å². The molecule has 0 atom stereocenters. The molecule has 2 aromatic rings. The van der Waals surface area contributed by atoms with Gasteiger partial charge in [0.05, 0.1) is 0 Å². The van der Waals surface area contributed by atoms with Gasteiger partial charge in [0, 0.05) is 0 Å². The van der Waals surface area contributed by atoms with Crippen molar-refractivity contribution in [2.45, 2.75) is 54.4 Å². The predicted molar refractivity (Wildman–Crippen MR) is 81.8 cm³/mol. The van der Waals surface area contributed by atoms with Crippen LogP contribution in [0.15, 0.2) is 24.3 Å². The van der Waals surface area contributed by atoms with E-state index in [0.29, 0.717) is 0 Å². The fourth-order valence-electron chi connectivity index (χ4n) is 2.22. The van der Waals surface area contributed by atoms with Crippen molar-refractivity contribution >= 4 is 0 Å². The molecule has 0 radical (unpaired) electrons. The van der Waals surface area contributed by atoms with Gasteiger partial charge in [0.25, 0.3) is 0 Å². The van der Waals surface area contributed by atoms with Crippen LogP contribution in [0.2, 0.25) is 0 Å². The summed E-state index contributed by atoms with van der Waals surface area (Å²) in [5.74, 6) is 0. The topological polar surface area (TPSA) is 0 Å². The zero-order valence-corrected chi connectivity index (χ0v) is 23.2. The van der Waals surface area contributed by atoms with Crippen LogP contribution in [0, 0.1) is 27.7 Å². The summed E-state index contributed by atoms with van der Waals surface area (Å²) in [6, 6.07) is 8.80. The van der Waals surface area contributed by atoms with Crippen LogP contribution in [0.25, 0.3) is 0 Å². The molecule has 6 heteroatoms. The summed E-state index contributed by atoms with van der Waals surface area (Å²) in [4.78, 5) is 0. The smallest absolute Gasteiger partial charge is 1.00 e. The third-order valence-electron chi connectivity index (χ3n) is 3.98. The summed E-state index contributed by atoms with van der Waals surface area (Å²) in [6.45, 7) is 13.1. The van der Waals surface area contributed by atoms with Crippen LogP contribution in [0.3, 0.4) is 0 Å². The van der Waals surface area contributed by atoms with Gasteiger partial charge in [-0.25, -0.2) is 12.1 Å². The van der Waals surface area contributed by atoms with Crippen LogP contribution >= 0.6 is 0 Å². The van der Waals surface area contributed by atoms with Crippen molar-refractivity contribution in [3.63, 3.8) is 0 Å². The second-order valence-corrected chi connectivity index (χ2v) is 5.04. The van der Waals surface area contributed by atoms with Gasteiger partial charge < -0.3 is 49.6 Å². The molecule has 0 aliphatic heterocycles. The number of aryl methyl sites for hydroxylation is 4. The second kappa shape index (κ2) is 20.9. The third-order valence-corrected chi connectivity index (χ3v) is 3.98. The summed E-state index contributed by atoms with van der Waals surface area (Å²) in [7, 11) is 0. The van der Waals surface area contributed by atoms with Crippen LogP contribution in [-0.4, -0.2) is 0 Å². The summed E-state index contributed by atoms with van der Waals surface area (Å²) in [5.41, 5.74) is 8.77. The van der Waals surface area contributed by atoms with E-state index < -0.39 is 0 Å². The standard InChI is InChI=1S/2C9H13.4ClH.2Zr/c2*1-4-9-6-5-7(2)8(9)3;;;;;;/h2*5-6H,4H2,1-3H3;4*1H;;/q2*-1;;;;;2*+4/p-4. The Kier molecular flexibility index (Phi) is 35.2. The first-order valence-corrected chi connectivity index (χ1v) is 6.94. The quantitative estimate of drug-likeness (QED) is 0.318. The molecule has 0 bridgehead atoms. The Hall–Kier alpha value is 1.63. The number of hydrogen-bond acceptors (Lipinski definition) is 0. The molecule has 0 saturated carbocycles. The van der Waals surface area contributed by atoms with Gasteiger partial charge in [-0.15, -0.1) is 0 Å². The van der Waals surface area contributed by atoms with Gasteiger partial charge in [-0.05, 0) is 0 Å². The van der Waals surface area contributed by atoms with Gasteiger partial charge in [0.2, 0.25) is 0 Å². The second-order valence-electron chi connectivity index (χ2n) is 5.04.